The highest BCUT2D eigenvalue weighted by atomic mass is 80.0. The van der Waals surface area contributed by atoms with Crippen LogP contribution in [0.2, 0.25) is 0 Å². The van der Waals surface area contributed by atoms with Crippen molar-refractivity contribution in [2.24, 2.45) is 17.3 Å². The fraction of sp³-hybridized carbons (Fsp3) is 0.875. The predicted molar refractivity (Wildman–Crippen MR) is 63.9 cm³/mol. The van der Waals surface area contributed by atoms with E-state index in [9.17, 15) is 9.90 Å². The topological polar surface area (TPSA) is 57.5 Å². The van der Waals surface area contributed by atoms with Crippen molar-refractivity contribution in [3.8, 4) is 0 Å². The van der Waals surface area contributed by atoms with Crippen LogP contribution >= 0.6 is 47.8 Å². The summed E-state index contributed by atoms with van der Waals surface area (Å²) < 4.78 is -0.806. The minimum atomic E-state index is -0.851. The van der Waals surface area contributed by atoms with Gasteiger partial charge in [-0.3, -0.25) is 4.79 Å². The fourth-order valence-electron chi connectivity index (χ4n) is 1.94. The molecule has 0 heterocycles. The summed E-state index contributed by atoms with van der Waals surface area (Å²) in [5.41, 5.74) is -0.355. The number of carbonyl (C=O) groups is 1. The Morgan fingerprint density at radius 1 is 1.43 bits per heavy atom. The lowest BCUT2D eigenvalue weighted by Gasteiger charge is -2.21. The van der Waals surface area contributed by atoms with E-state index >= 15 is 0 Å². The predicted octanol–water partition coefficient (Wildman–Crippen LogP) is 2.54. The zero-order valence-corrected chi connectivity index (χ0v) is 12.4. The molecule has 0 radical (unpaired) electrons. The van der Waals surface area contributed by atoms with Crippen LogP contribution in [0.25, 0.3) is 0 Å². The molecule has 3 unspecified atom stereocenters. The molecule has 14 heavy (non-hydrogen) atoms. The molecule has 0 aromatic rings. The third-order valence-electron chi connectivity index (χ3n) is 2.85. The van der Waals surface area contributed by atoms with E-state index < -0.39 is 20.1 Å². The van der Waals surface area contributed by atoms with Crippen molar-refractivity contribution in [1.29, 1.82) is 0 Å². The molecule has 0 aliphatic heterocycles. The van der Waals surface area contributed by atoms with Crippen molar-refractivity contribution in [3.05, 3.63) is 0 Å². The van der Waals surface area contributed by atoms with E-state index in [2.05, 4.69) is 47.8 Å². The van der Waals surface area contributed by atoms with Gasteiger partial charge >= 0.3 is 5.97 Å². The molecule has 0 amide bonds. The second-order valence-corrected chi connectivity index (χ2v) is 11.1. The number of halogens is 3. The Balaban J connectivity index is 2.79. The maximum atomic E-state index is 10.9. The van der Waals surface area contributed by atoms with Crippen LogP contribution in [0.1, 0.15) is 13.8 Å². The normalized spacial score (nSPS) is 32.4. The molecule has 2 N–H and O–H groups in total. The van der Waals surface area contributed by atoms with Gasteiger partial charge in [0.1, 0.15) is 0 Å². The van der Waals surface area contributed by atoms with Gasteiger partial charge in [-0.05, 0) is 5.41 Å². The second-order valence-electron chi connectivity index (χ2n) is 4.15. The lowest BCUT2D eigenvalue weighted by atomic mass is 10.1. The number of carboxylic acid groups (broad SMARTS) is 1. The Morgan fingerprint density at radius 3 is 2.07 bits per heavy atom. The maximum Gasteiger partial charge on any atom is 0.307 e. The highest BCUT2D eigenvalue weighted by Gasteiger charge is 2.67. The van der Waals surface area contributed by atoms with Crippen LogP contribution < -0.4 is 0 Å². The van der Waals surface area contributed by atoms with Crippen LogP contribution in [-0.4, -0.2) is 24.4 Å². The summed E-state index contributed by atoms with van der Waals surface area (Å²) in [5.74, 6) is -1.58. The van der Waals surface area contributed by atoms with Gasteiger partial charge in [0, 0.05) is 5.92 Å². The van der Waals surface area contributed by atoms with E-state index in [0.717, 1.165) is 0 Å². The molecule has 1 rings (SSSR count). The Bertz CT molecular complexity index is 259. The average Bonchev–Trinajstić information content (AvgIpc) is 2.49. The van der Waals surface area contributed by atoms with E-state index in [1.54, 1.807) is 0 Å². The van der Waals surface area contributed by atoms with Crippen LogP contribution in [0.4, 0.5) is 0 Å². The summed E-state index contributed by atoms with van der Waals surface area (Å²) >= 11 is 9.61. The Hall–Kier alpha value is 0.870. The third-order valence-corrected chi connectivity index (χ3v) is 4.26. The molecule has 1 fully saturated rings. The van der Waals surface area contributed by atoms with Crippen molar-refractivity contribution in [2.75, 3.05) is 0 Å². The molecule has 1 saturated carbocycles. The Kier molecular flexibility index (Phi) is 3.43. The van der Waals surface area contributed by atoms with Crippen LogP contribution in [0.3, 0.4) is 0 Å². The SMILES string of the molecule is CC1(C)C(C(=O)O)C1C(O)C(Br)(Br)Br. The highest BCUT2D eigenvalue weighted by molar-refractivity contribution is 9.39. The van der Waals surface area contributed by atoms with E-state index in [1.165, 1.54) is 0 Å². The van der Waals surface area contributed by atoms with Gasteiger partial charge in [0.05, 0.1) is 12.0 Å². The summed E-state index contributed by atoms with van der Waals surface area (Å²) in [7, 11) is 0. The molecule has 6 heteroatoms. The van der Waals surface area contributed by atoms with Crippen LogP contribution in [0, 0.1) is 17.3 Å². The number of hydrogen-bond donors (Lipinski definition) is 2. The van der Waals surface area contributed by atoms with Gasteiger partial charge in [-0.1, -0.05) is 61.6 Å². The lowest BCUT2D eigenvalue weighted by Crippen LogP contribution is -2.28. The molecule has 82 valence electrons. The van der Waals surface area contributed by atoms with Gasteiger partial charge in [0.25, 0.3) is 0 Å². The Labute approximate surface area is 108 Å². The molecule has 1 aliphatic rings. The minimum absolute atomic E-state index is 0.252. The molecule has 3 atom stereocenters. The molecule has 1 aliphatic carbocycles. The summed E-state index contributed by atoms with van der Waals surface area (Å²) in [6.45, 7) is 3.69. The molecular weight excluding hydrogens is 384 g/mol. The van der Waals surface area contributed by atoms with Gasteiger partial charge in [0.15, 0.2) is 2.14 Å². The summed E-state index contributed by atoms with van der Waals surface area (Å²) in [6, 6.07) is 0. The third kappa shape index (κ3) is 2.18. The van der Waals surface area contributed by atoms with Gasteiger partial charge in [-0.2, -0.15) is 0 Å². The van der Waals surface area contributed by atoms with Crippen molar-refractivity contribution in [3.63, 3.8) is 0 Å². The smallest absolute Gasteiger partial charge is 0.307 e. The van der Waals surface area contributed by atoms with Gasteiger partial charge in [0.2, 0.25) is 0 Å². The zero-order valence-electron chi connectivity index (χ0n) is 7.67. The average molecular weight is 395 g/mol. The molecule has 0 aromatic carbocycles. The molecule has 0 bridgehead atoms. The van der Waals surface area contributed by atoms with Crippen LogP contribution in [0.5, 0.6) is 0 Å². The van der Waals surface area contributed by atoms with Crippen molar-refractivity contribution >= 4 is 53.8 Å². The molecular formula is C8H11Br3O3. The number of alkyl halides is 3. The monoisotopic (exact) mass is 392 g/mol. The first-order valence-electron chi connectivity index (χ1n) is 4.07. The van der Waals surface area contributed by atoms with E-state index in [4.69, 9.17) is 5.11 Å². The van der Waals surface area contributed by atoms with E-state index in [-0.39, 0.29) is 11.3 Å². The highest BCUT2D eigenvalue weighted by Crippen LogP contribution is 2.63. The van der Waals surface area contributed by atoms with Gasteiger partial charge in [-0.15, -0.1) is 0 Å². The van der Waals surface area contributed by atoms with Crippen molar-refractivity contribution < 1.29 is 15.0 Å². The maximum absolute atomic E-state index is 10.9. The van der Waals surface area contributed by atoms with Crippen molar-refractivity contribution in [2.45, 2.75) is 22.1 Å². The fourth-order valence-corrected chi connectivity index (χ4v) is 2.80. The number of aliphatic carboxylic acids is 1. The first-order valence-corrected chi connectivity index (χ1v) is 6.45. The quantitative estimate of drug-likeness (QED) is 0.708. The molecule has 0 spiro atoms. The summed E-state index contributed by atoms with van der Waals surface area (Å²) in [6.07, 6.45) is -0.793. The summed E-state index contributed by atoms with van der Waals surface area (Å²) in [4.78, 5) is 10.9. The zero-order chi connectivity index (χ0) is 11.3. The number of carboxylic acids is 1. The first kappa shape index (κ1) is 12.9. The summed E-state index contributed by atoms with van der Waals surface area (Å²) in [5, 5.41) is 18.8. The second kappa shape index (κ2) is 3.71. The lowest BCUT2D eigenvalue weighted by molar-refractivity contribution is -0.139. The first-order chi connectivity index (χ1) is 6.10. The Morgan fingerprint density at radius 2 is 1.86 bits per heavy atom. The molecule has 0 saturated heterocycles. The number of hydrogen-bond acceptors (Lipinski definition) is 2. The van der Waals surface area contributed by atoms with Gasteiger partial charge < -0.3 is 10.2 Å². The number of rotatable bonds is 2. The van der Waals surface area contributed by atoms with E-state index in [1.807, 2.05) is 13.8 Å². The molecule has 3 nitrogen and oxygen atoms in total. The van der Waals surface area contributed by atoms with Crippen LogP contribution in [0.15, 0.2) is 0 Å². The van der Waals surface area contributed by atoms with Gasteiger partial charge in [-0.25, -0.2) is 0 Å². The minimum Gasteiger partial charge on any atom is -0.481 e. The molecule has 0 aromatic heterocycles. The number of aliphatic hydroxyl groups excluding tert-OH is 1. The largest absolute Gasteiger partial charge is 0.481 e. The van der Waals surface area contributed by atoms with E-state index in [0.29, 0.717) is 0 Å². The standard InChI is InChI=1S/C8H11Br3O3/c1-7(2)3(4(7)6(13)14)5(12)8(9,10)11/h3-5,12H,1-2H3,(H,13,14). The van der Waals surface area contributed by atoms with Crippen LogP contribution in [-0.2, 0) is 4.79 Å². The van der Waals surface area contributed by atoms with Crippen molar-refractivity contribution in [1.82, 2.24) is 0 Å². The number of aliphatic hydroxyl groups is 1.